The molecule has 0 saturated carbocycles. The molecule has 1 aromatic carbocycles. The summed E-state index contributed by atoms with van der Waals surface area (Å²) in [5.41, 5.74) is 2.27. The quantitative estimate of drug-likeness (QED) is 0.814. The van der Waals surface area contributed by atoms with Gasteiger partial charge in [0.15, 0.2) is 0 Å². The third-order valence-electron chi connectivity index (χ3n) is 3.53. The molecule has 1 atom stereocenters. The van der Waals surface area contributed by atoms with Crippen molar-refractivity contribution >= 4 is 5.91 Å². The van der Waals surface area contributed by atoms with Crippen LogP contribution >= 0.6 is 0 Å². The molecule has 0 bridgehead atoms. The molecule has 0 fully saturated rings. The molecule has 1 amide bonds. The first-order valence-corrected chi connectivity index (χ1v) is 7.98. The fourth-order valence-electron chi connectivity index (χ4n) is 2.20. The van der Waals surface area contributed by atoms with Crippen LogP contribution in [0.3, 0.4) is 0 Å². The van der Waals surface area contributed by atoms with Gasteiger partial charge in [-0.25, -0.2) is 4.98 Å². The van der Waals surface area contributed by atoms with Gasteiger partial charge in [0.1, 0.15) is 6.10 Å². The summed E-state index contributed by atoms with van der Waals surface area (Å²) in [6.45, 7) is 7.75. The number of nitrogens with one attached hydrogen (secondary N) is 1. The van der Waals surface area contributed by atoms with Crippen LogP contribution < -0.4 is 5.32 Å². The molecule has 0 aliphatic heterocycles. The lowest BCUT2D eigenvalue weighted by atomic mass is 10.1. The SMILES string of the molecule is CC(C)CO[C@@H](C)C(=O)NCc1ccccc1Cn1ccnc1. The average molecular weight is 315 g/mol. The second-order valence-electron chi connectivity index (χ2n) is 6.09. The summed E-state index contributed by atoms with van der Waals surface area (Å²) >= 11 is 0. The molecule has 0 aliphatic rings. The topological polar surface area (TPSA) is 56.1 Å². The minimum Gasteiger partial charge on any atom is -0.368 e. The summed E-state index contributed by atoms with van der Waals surface area (Å²) in [5, 5.41) is 2.95. The first kappa shape index (κ1) is 17.2. The van der Waals surface area contributed by atoms with Crippen LogP contribution in [0.2, 0.25) is 0 Å². The zero-order chi connectivity index (χ0) is 16.7. The van der Waals surface area contributed by atoms with Gasteiger partial charge in [0.05, 0.1) is 6.33 Å². The molecule has 0 saturated heterocycles. The summed E-state index contributed by atoms with van der Waals surface area (Å²) in [6, 6.07) is 8.09. The van der Waals surface area contributed by atoms with Gasteiger partial charge in [-0.3, -0.25) is 4.79 Å². The second kappa shape index (κ2) is 8.48. The Bertz CT molecular complexity index is 608. The van der Waals surface area contributed by atoms with Crippen molar-refractivity contribution in [1.29, 1.82) is 0 Å². The van der Waals surface area contributed by atoms with Crippen molar-refractivity contribution in [3.05, 3.63) is 54.1 Å². The van der Waals surface area contributed by atoms with Crippen molar-refractivity contribution in [2.45, 2.75) is 40.0 Å². The summed E-state index contributed by atoms with van der Waals surface area (Å²) in [7, 11) is 0. The van der Waals surface area contributed by atoms with Crippen molar-refractivity contribution in [3.63, 3.8) is 0 Å². The van der Waals surface area contributed by atoms with Crippen molar-refractivity contribution < 1.29 is 9.53 Å². The van der Waals surface area contributed by atoms with Gasteiger partial charge in [0, 0.05) is 32.1 Å². The van der Waals surface area contributed by atoms with Crippen molar-refractivity contribution in [3.8, 4) is 0 Å². The number of hydrogen-bond donors (Lipinski definition) is 1. The number of aromatic nitrogens is 2. The van der Waals surface area contributed by atoms with Crippen LogP contribution in [-0.2, 0) is 22.6 Å². The molecule has 0 unspecified atom stereocenters. The van der Waals surface area contributed by atoms with E-state index >= 15 is 0 Å². The Hall–Kier alpha value is -2.14. The van der Waals surface area contributed by atoms with Gasteiger partial charge in [-0.05, 0) is 24.0 Å². The van der Waals surface area contributed by atoms with E-state index in [1.807, 2.05) is 29.0 Å². The van der Waals surface area contributed by atoms with Crippen LogP contribution in [0.15, 0.2) is 43.0 Å². The van der Waals surface area contributed by atoms with Crippen LogP contribution in [-0.4, -0.2) is 28.2 Å². The normalized spacial score (nSPS) is 12.3. The average Bonchev–Trinajstić information content (AvgIpc) is 3.04. The Morgan fingerprint density at radius 2 is 2.00 bits per heavy atom. The minimum absolute atomic E-state index is 0.0805. The van der Waals surface area contributed by atoms with Gasteiger partial charge in [0.25, 0.3) is 0 Å². The lowest BCUT2D eigenvalue weighted by Gasteiger charge is -2.16. The molecule has 23 heavy (non-hydrogen) atoms. The van der Waals surface area contributed by atoms with E-state index in [4.69, 9.17) is 4.74 Å². The number of imidazole rings is 1. The Kier molecular flexibility index (Phi) is 6.35. The van der Waals surface area contributed by atoms with Gasteiger partial charge >= 0.3 is 0 Å². The lowest BCUT2D eigenvalue weighted by Crippen LogP contribution is -2.35. The molecule has 0 spiro atoms. The standard InChI is InChI=1S/C18H25N3O2/c1-14(2)12-23-15(3)18(22)20-10-16-6-4-5-7-17(16)11-21-9-8-19-13-21/h4-9,13-15H,10-12H2,1-3H3,(H,20,22)/t15-/m0/s1. The largest absolute Gasteiger partial charge is 0.368 e. The van der Waals surface area contributed by atoms with Gasteiger partial charge in [-0.1, -0.05) is 38.1 Å². The number of amides is 1. The third kappa shape index (κ3) is 5.53. The molecule has 2 rings (SSSR count). The summed E-state index contributed by atoms with van der Waals surface area (Å²) in [6.07, 6.45) is 5.05. The Morgan fingerprint density at radius 3 is 2.65 bits per heavy atom. The highest BCUT2D eigenvalue weighted by Crippen LogP contribution is 2.11. The van der Waals surface area contributed by atoms with Gasteiger partial charge < -0.3 is 14.6 Å². The number of ether oxygens (including phenoxy) is 1. The third-order valence-corrected chi connectivity index (χ3v) is 3.53. The summed E-state index contributed by atoms with van der Waals surface area (Å²) < 4.78 is 7.55. The molecular weight excluding hydrogens is 290 g/mol. The zero-order valence-electron chi connectivity index (χ0n) is 14.0. The van der Waals surface area contributed by atoms with E-state index < -0.39 is 6.10 Å². The molecule has 1 aromatic heterocycles. The maximum absolute atomic E-state index is 12.1. The van der Waals surface area contributed by atoms with Gasteiger partial charge in [-0.15, -0.1) is 0 Å². The first-order chi connectivity index (χ1) is 11.1. The highest BCUT2D eigenvalue weighted by atomic mass is 16.5. The van der Waals surface area contributed by atoms with E-state index in [1.54, 1.807) is 19.4 Å². The number of benzene rings is 1. The van der Waals surface area contributed by atoms with Crippen LogP contribution in [0.4, 0.5) is 0 Å². The van der Waals surface area contributed by atoms with Crippen LogP contribution in [0.5, 0.6) is 0 Å². The smallest absolute Gasteiger partial charge is 0.249 e. The number of rotatable bonds is 8. The van der Waals surface area contributed by atoms with E-state index in [-0.39, 0.29) is 5.91 Å². The molecule has 0 aliphatic carbocycles. The maximum Gasteiger partial charge on any atom is 0.249 e. The molecule has 1 heterocycles. The van der Waals surface area contributed by atoms with E-state index in [2.05, 4.69) is 30.2 Å². The molecule has 2 aromatic rings. The number of carbonyl (C=O) groups excluding carboxylic acids is 1. The van der Waals surface area contributed by atoms with Crippen LogP contribution in [0.1, 0.15) is 31.9 Å². The molecule has 5 nitrogen and oxygen atoms in total. The van der Waals surface area contributed by atoms with Crippen molar-refractivity contribution in [1.82, 2.24) is 14.9 Å². The Labute approximate surface area is 137 Å². The number of hydrogen-bond acceptors (Lipinski definition) is 3. The molecule has 124 valence electrons. The van der Waals surface area contributed by atoms with E-state index in [0.717, 1.165) is 12.1 Å². The minimum atomic E-state index is -0.432. The predicted octanol–water partition coefficient (Wildman–Crippen LogP) is 2.61. The van der Waals surface area contributed by atoms with Crippen LogP contribution in [0.25, 0.3) is 0 Å². The molecule has 5 heteroatoms. The van der Waals surface area contributed by atoms with Gasteiger partial charge in [-0.2, -0.15) is 0 Å². The number of carbonyl (C=O) groups is 1. The zero-order valence-corrected chi connectivity index (χ0v) is 14.0. The molecular formula is C18H25N3O2. The molecule has 1 N–H and O–H groups in total. The first-order valence-electron chi connectivity index (χ1n) is 7.98. The van der Waals surface area contributed by atoms with Gasteiger partial charge in [0.2, 0.25) is 5.91 Å². The monoisotopic (exact) mass is 315 g/mol. The Balaban J connectivity index is 1.91. The van der Waals surface area contributed by atoms with Crippen molar-refractivity contribution in [2.24, 2.45) is 5.92 Å². The van der Waals surface area contributed by atoms with Crippen molar-refractivity contribution in [2.75, 3.05) is 6.61 Å². The predicted molar refractivity (Wildman–Crippen MR) is 89.9 cm³/mol. The maximum atomic E-state index is 12.1. The highest BCUT2D eigenvalue weighted by molar-refractivity contribution is 5.80. The van der Waals surface area contributed by atoms with E-state index in [9.17, 15) is 4.79 Å². The van der Waals surface area contributed by atoms with Crippen LogP contribution in [0, 0.1) is 5.92 Å². The summed E-state index contributed by atoms with van der Waals surface area (Å²) in [4.78, 5) is 16.2. The van der Waals surface area contributed by atoms with E-state index in [0.29, 0.717) is 19.1 Å². The summed E-state index contributed by atoms with van der Waals surface area (Å²) in [5.74, 6) is 0.337. The molecule has 0 radical (unpaired) electrons. The highest BCUT2D eigenvalue weighted by Gasteiger charge is 2.14. The van der Waals surface area contributed by atoms with E-state index in [1.165, 1.54) is 5.56 Å². The lowest BCUT2D eigenvalue weighted by molar-refractivity contribution is -0.132. The second-order valence-corrected chi connectivity index (χ2v) is 6.09. The fourth-order valence-corrected chi connectivity index (χ4v) is 2.20. The fraction of sp³-hybridized carbons (Fsp3) is 0.444. The number of nitrogens with zero attached hydrogens (tertiary/aromatic N) is 2. The Morgan fingerprint density at radius 1 is 1.26 bits per heavy atom.